The number of hydrogen-bond acceptors (Lipinski definition) is 4. The van der Waals surface area contributed by atoms with E-state index in [2.05, 4.69) is 36.2 Å². The quantitative estimate of drug-likeness (QED) is 0.878. The third kappa shape index (κ3) is 3.01. The smallest absolute Gasteiger partial charge is 0.161 e. The van der Waals surface area contributed by atoms with Crippen molar-refractivity contribution in [1.82, 2.24) is 10.2 Å². The molecule has 1 saturated heterocycles. The van der Waals surface area contributed by atoms with E-state index in [0.29, 0.717) is 25.3 Å². The summed E-state index contributed by atoms with van der Waals surface area (Å²) >= 11 is 0. The molecule has 19 heavy (non-hydrogen) atoms. The molecular formula is C15H22N2O2. The van der Waals surface area contributed by atoms with Crippen LogP contribution in [0, 0.1) is 0 Å². The van der Waals surface area contributed by atoms with Crippen molar-refractivity contribution in [2.24, 2.45) is 0 Å². The van der Waals surface area contributed by atoms with E-state index >= 15 is 0 Å². The summed E-state index contributed by atoms with van der Waals surface area (Å²) in [6.07, 6.45) is 0. The number of hydrogen-bond donors (Lipinski definition) is 1. The minimum atomic E-state index is 0.556. The Balaban J connectivity index is 1.69. The summed E-state index contributed by atoms with van der Waals surface area (Å²) in [4.78, 5) is 2.50. The second-order valence-electron chi connectivity index (χ2n) is 5.64. The van der Waals surface area contributed by atoms with E-state index in [0.717, 1.165) is 31.1 Å². The summed E-state index contributed by atoms with van der Waals surface area (Å²) in [5, 5.41) is 3.56. The lowest BCUT2D eigenvalue weighted by atomic mass is 10.1. The van der Waals surface area contributed by atoms with Crippen LogP contribution < -0.4 is 14.8 Å². The number of piperazine rings is 1. The van der Waals surface area contributed by atoms with Crippen molar-refractivity contribution < 1.29 is 9.47 Å². The number of nitrogens with one attached hydrogen (secondary N) is 1. The number of benzene rings is 1. The molecule has 0 bridgehead atoms. The molecular weight excluding hydrogens is 240 g/mol. The number of fused-ring (bicyclic) bond motifs is 1. The van der Waals surface area contributed by atoms with Crippen molar-refractivity contribution in [3.05, 3.63) is 23.8 Å². The second-order valence-corrected chi connectivity index (χ2v) is 5.64. The SMILES string of the molecule is CC1CN(Cc2ccc3c(c2)OCCO3)CC(C)N1. The highest BCUT2D eigenvalue weighted by molar-refractivity contribution is 5.43. The Morgan fingerprint density at radius 1 is 1.11 bits per heavy atom. The van der Waals surface area contributed by atoms with Crippen LogP contribution in [-0.2, 0) is 6.54 Å². The van der Waals surface area contributed by atoms with Crippen molar-refractivity contribution in [2.45, 2.75) is 32.5 Å². The molecule has 0 aliphatic carbocycles. The lowest BCUT2D eigenvalue weighted by Gasteiger charge is -2.36. The molecule has 0 spiro atoms. The Hall–Kier alpha value is -1.26. The molecule has 104 valence electrons. The van der Waals surface area contributed by atoms with Gasteiger partial charge in [-0.3, -0.25) is 4.90 Å². The van der Waals surface area contributed by atoms with Crippen LogP contribution >= 0.6 is 0 Å². The Bertz CT molecular complexity index is 440. The number of ether oxygens (including phenoxy) is 2. The molecule has 0 saturated carbocycles. The van der Waals surface area contributed by atoms with Gasteiger partial charge in [0.15, 0.2) is 11.5 Å². The van der Waals surface area contributed by atoms with E-state index in [1.165, 1.54) is 5.56 Å². The summed E-state index contributed by atoms with van der Waals surface area (Å²) < 4.78 is 11.2. The molecule has 0 amide bonds. The third-order valence-corrected chi connectivity index (χ3v) is 3.65. The van der Waals surface area contributed by atoms with Gasteiger partial charge in [-0.05, 0) is 31.5 Å². The van der Waals surface area contributed by atoms with E-state index in [1.807, 2.05) is 6.07 Å². The van der Waals surface area contributed by atoms with Gasteiger partial charge in [0, 0.05) is 31.7 Å². The Kier molecular flexibility index (Phi) is 3.62. The van der Waals surface area contributed by atoms with Crippen molar-refractivity contribution in [1.29, 1.82) is 0 Å². The molecule has 4 heteroatoms. The summed E-state index contributed by atoms with van der Waals surface area (Å²) in [6.45, 7) is 8.96. The molecule has 2 heterocycles. The summed E-state index contributed by atoms with van der Waals surface area (Å²) in [7, 11) is 0. The fourth-order valence-corrected chi connectivity index (χ4v) is 3.01. The zero-order valence-corrected chi connectivity index (χ0v) is 11.7. The predicted octanol–water partition coefficient (Wildman–Crippen LogP) is 1.64. The molecule has 2 aliphatic rings. The zero-order valence-electron chi connectivity index (χ0n) is 11.7. The highest BCUT2D eigenvalue weighted by Crippen LogP contribution is 2.31. The molecule has 2 aliphatic heterocycles. The van der Waals surface area contributed by atoms with Crippen molar-refractivity contribution in [3.63, 3.8) is 0 Å². The molecule has 2 atom stereocenters. The average molecular weight is 262 g/mol. The van der Waals surface area contributed by atoms with Crippen LogP contribution in [0.3, 0.4) is 0 Å². The van der Waals surface area contributed by atoms with Crippen LogP contribution in [0.2, 0.25) is 0 Å². The lowest BCUT2D eigenvalue weighted by molar-refractivity contribution is 0.163. The first-order valence-electron chi connectivity index (χ1n) is 7.07. The third-order valence-electron chi connectivity index (χ3n) is 3.65. The van der Waals surface area contributed by atoms with Gasteiger partial charge < -0.3 is 14.8 Å². The van der Waals surface area contributed by atoms with Gasteiger partial charge in [0.1, 0.15) is 13.2 Å². The molecule has 4 nitrogen and oxygen atoms in total. The van der Waals surface area contributed by atoms with Gasteiger partial charge in [-0.15, -0.1) is 0 Å². The van der Waals surface area contributed by atoms with Crippen LogP contribution in [-0.4, -0.2) is 43.3 Å². The molecule has 0 aromatic heterocycles. The fourth-order valence-electron chi connectivity index (χ4n) is 3.01. The predicted molar refractivity (Wildman–Crippen MR) is 74.8 cm³/mol. The van der Waals surface area contributed by atoms with Crippen molar-refractivity contribution in [3.8, 4) is 11.5 Å². The summed E-state index contributed by atoms with van der Waals surface area (Å²) in [6, 6.07) is 7.40. The van der Waals surface area contributed by atoms with E-state index < -0.39 is 0 Å². The Labute approximate surface area is 114 Å². The summed E-state index contributed by atoms with van der Waals surface area (Å²) in [5.41, 5.74) is 1.30. The van der Waals surface area contributed by atoms with Crippen LogP contribution in [0.15, 0.2) is 18.2 Å². The Morgan fingerprint density at radius 2 is 1.79 bits per heavy atom. The van der Waals surface area contributed by atoms with Gasteiger partial charge >= 0.3 is 0 Å². The second kappa shape index (κ2) is 5.39. The molecule has 2 unspecified atom stereocenters. The topological polar surface area (TPSA) is 33.7 Å². The van der Waals surface area contributed by atoms with Crippen molar-refractivity contribution in [2.75, 3.05) is 26.3 Å². The fraction of sp³-hybridized carbons (Fsp3) is 0.600. The largest absolute Gasteiger partial charge is 0.486 e. The van der Waals surface area contributed by atoms with Crippen LogP contribution in [0.5, 0.6) is 11.5 Å². The maximum Gasteiger partial charge on any atom is 0.161 e. The first-order valence-corrected chi connectivity index (χ1v) is 7.07. The normalized spacial score (nSPS) is 27.3. The highest BCUT2D eigenvalue weighted by Gasteiger charge is 2.21. The monoisotopic (exact) mass is 262 g/mol. The van der Waals surface area contributed by atoms with E-state index in [9.17, 15) is 0 Å². The van der Waals surface area contributed by atoms with Gasteiger partial charge in [0.2, 0.25) is 0 Å². The van der Waals surface area contributed by atoms with Gasteiger partial charge in [0.05, 0.1) is 0 Å². The van der Waals surface area contributed by atoms with E-state index in [1.54, 1.807) is 0 Å². The Morgan fingerprint density at radius 3 is 2.53 bits per heavy atom. The van der Waals surface area contributed by atoms with Gasteiger partial charge in [-0.25, -0.2) is 0 Å². The minimum absolute atomic E-state index is 0.556. The van der Waals surface area contributed by atoms with Crippen LogP contribution in [0.4, 0.5) is 0 Å². The van der Waals surface area contributed by atoms with Gasteiger partial charge in [-0.2, -0.15) is 0 Å². The molecule has 1 aromatic carbocycles. The van der Waals surface area contributed by atoms with Crippen molar-refractivity contribution >= 4 is 0 Å². The van der Waals surface area contributed by atoms with Crippen LogP contribution in [0.25, 0.3) is 0 Å². The van der Waals surface area contributed by atoms with E-state index in [4.69, 9.17) is 9.47 Å². The standard InChI is InChI=1S/C15H22N2O2/c1-11-8-17(9-12(2)16-11)10-13-3-4-14-15(7-13)19-6-5-18-14/h3-4,7,11-12,16H,5-6,8-10H2,1-2H3. The average Bonchev–Trinajstić information content (AvgIpc) is 2.37. The molecule has 0 radical (unpaired) electrons. The number of rotatable bonds is 2. The van der Waals surface area contributed by atoms with E-state index in [-0.39, 0.29) is 0 Å². The van der Waals surface area contributed by atoms with Gasteiger partial charge in [0.25, 0.3) is 0 Å². The first kappa shape index (κ1) is 12.8. The lowest BCUT2D eigenvalue weighted by Crippen LogP contribution is -2.53. The molecule has 3 rings (SSSR count). The minimum Gasteiger partial charge on any atom is -0.486 e. The van der Waals surface area contributed by atoms with Gasteiger partial charge in [-0.1, -0.05) is 6.07 Å². The summed E-state index contributed by atoms with van der Waals surface area (Å²) in [5.74, 6) is 1.76. The molecule has 1 aromatic rings. The number of nitrogens with zero attached hydrogens (tertiary/aromatic N) is 1. The molecule has 1 N–H and O–H groups in total. The first-order chi connectivity index (χ1) is 9.20. The van der Waals surface area contributed by atoms with Crippen LogP contribution in [0.1, 0.15) is 19.4 Å². The maximum absolute atomic E-state index is 5.64. The highest BCUT2D eigenvalue weighted by atomic mass is 16.6. The zero-order chi connectivity index (χ0) is 13.2. The molecule has 1 fully saturated rings. The maximum atomic E-state index is 5.64.